The first kappa shape index (κ1) is 21.0. The molecule has 156 valence electrons. The molecule has 0 radical (unpaired) electrons. The number of halogens is 1. The molecule has 2 aliphatic rings. The summed E-state index contributed by atoms with van der Waals surface area (Å²) in [5.41, 5.74) is 12.8. The topological polar surface area (TPSA) is 47.5 Å². The highest BCUT2D eigenvalue weighted by Crippen LogP contribution is 2.39. The summed E-state index contributed by atoms with van der Waals surface area (Å²) in [5.74, 6) is -0.385. The van der Waals surface area contributed by atoms with E-state index in [1.807, 2.05) is 35.0 Å². The maximum absolute atomic E-state index is 10.9. The van der Waals surface area contributed by atoms with Crippen molar-refractivity contribution in [2.45, 2.75) is 25.7 Å². The van der Waals surface area contributed by atoms with Crippen LogP contribution in [0.4, 0.5) is 0 Å². The Morgan fingerprint density at radius 3 is 2.58 bits per heavy atom. The van der Waals surface area contributed by atoms with Gasteiger partial charge >= 0.3 is 0 Å². The molecule has 0 atom stereocenters. The first-order valence-electron chi connectivity index (χ1n) is 10.5. The lowest BCUT2D eigenvalue weighted by atomic mass is 9.80. The van der Waals surface area contributed by atoms with Crippen molar-refractivity contribution in [2.75, 3.05) is 0 Å². The number of nitrogens with two attached hydrogens (primary N) is 1. The molecular formula is C27H25ClN2O. The highest BCUT2D eigenvalue weighted by Gasteiger charge is 2.20. The van der Waals surface area contributed by atoms with E-state index in [1.54, 1.807) is 17.2 Å². The van der Waals surface area contributed by atoms with Gasteiger partial charge in [-0.15, -0.1) is 12.4 Å². The van der Waals surface area contributed by atoms with Gasteiger partial charge in [-0.25, -0.2) is 0 Å². The van der Waals surface area contributed by atoms with Gasteiger partial charge in [0.25, 0.3) is 5.91 Å². The minimum Gasteiger partial charge on any atom is -0.366 e. The number of amides is 1. The standard InChI is InChI=1S/C18H16.C9H8N2O.ClH/c1-3-7-15-13(5-1)9-11-18-16-8-4-2-6-14(16)10-12-17(15)18;10-9(12)7-4-6-11-5-2-1-3-8(7)11;/h1,3-5,7-9,11H,2,6,10,12H2;1-6H,(H2,10,12);1H. The molecule has 0 saturated carbocycles. The summed E-state index contributed by atoms with van der Waals surface area (Å²) in [7, 11) is 0. The summed E-state index contributed by atoms with van der Waals surface area (Å²) in [6, 6.07) is 20.7. The first-order chi connectivity index (χ1) is 14.7. The van der Waals surface area contributed by atoms with Crippen molar-refractivity contribution in [3.63, 3.8) is 0 Å². The summed E-state index contributed by atoms with van der Waals surface area (Å²) < 4.78 is 1.86. The second-order valence-electron chi connectivity index (χ2n) is 7.86. The minimum absolute atomic E-state index is 0. The predicted octanol–water partition coefficient (Wildman–Crippen LogP) is 6.35. The molecule has 3 nitrogen and oxygen atoms in total. The van der Waals surface area contributed by atoms with Gasteiger partial charge in [0.15, 0.2) is 0 Å². The molecule has 0 spiro atoms. The largest absolute Gasteiger partial charge is 0.366 e. The third-order valence-corrected chi connectivity index (χ3v) is 6.12. The van der Waals surface area contributed by atoms with Crippen molar-refractivity contribution < 1.29 is 4.79 Å². The maximum atomic E-state index is 10.9. The molecule has 1 amide bonds. The normalized spacial score (nSPS) is 14.3. The van der Waals surface area contributed by atoms with E-state index >= 15 is 0 Å². The quantitative estimate of drug-likeness (QED) is 0.377. The molecule has 31 heavy (non-hydrogen) atoms. The first-order valence-corrected chi connectivity index (χ1v) is 10.5. The van der Waals surface area contributed by atoms with E-state index in [9.17, 15) is 4.79 Å². The molecule has 4 heteroatoms. The fourth-order valence-electron chi connectivity index (χ4n) is 4.65. The lowest BCUT2D eigenvalue weighted by Crippen LogP contribution is -2.10. The summed E-state index contributed by atoms with van der Waals surface area (Å²) >= 11 is 0. The average molecular weight is 429 g/mol. The monoisotopic (exact) mass is 428 g/mol. The summed E-state index contributed by atoms with van der Waals surface area (Å²) in [6.07, 6.45) is 13.3. The van der Waals surface area contributed by atoms with Gasteiger partial charge in [0.2, 0.25) is 0 Å². The van der Waals surface area contributed by atoms with E-state index in [0.29, 0.717) is 5.56 Å². The Labute approximate surface area is 188 Å². The van der Waals surface area contributed by atoms with Crippen LogP contribution in [0, 0.1) is 0 Å². The van der Waals surface area contributed by atoms with Crippen LogP contribution in [0.1, 0.15) is 40.7 Å². The van der Waals surface area contributed by atoms with E-state index < -0.39 is 0 Å². The van der Waals surface area contributed by atoms with Crippen molar-refractivity contribution in [1.29, 1.82) is 0 Å². The van der Waals surface area contributed by atoms with Crippen molar-refractivity contribution >= 4 is 40.2 Å². The number of hydrogen-bond donors (Lipinski definition) is 1. The molecule has 4 aromatic rings. The van der Waals surface area contributed by atoms with Gasteiger partial charge in [-0.05, 0) is 71.4 Å². The third-order valence-electron chi connectivity index (χ3n) is 6.12. The van der Waals surface area contributed by atoms with Crippen LogP contribution in [0.5, 0.6) is 0 Å². The number of fused-ring (bicyclic) bond motifs is 5. The number of aromatic nitrogens is 1. The van der Waals surface area contributed by atoms with Gasteiger partial charge in [0.1, 0.15) is 0 Å². The van der Waals surface area contributed by atoms with Gasteiger partial charge in [-0.2, -0.15) is 0 Å². The molecule has 6 rings (SSSR count). The minimum atomic E-state index is -0.385. The molecule has 2 heterocycles. The van der Waals surface area contributed by atoms with Crippen LogP contribution in [-0.4, -0.2) is 10.3 Å². The molecule has 0 unspecified atom stereocenters. The van der Waals surface area contributed by atoms with E-state index in [-0.39, 0.29) is 18.3 Å². The number of hydrogen-bond acceptors (Lipinski definition) is 1. The van der Waals surface area contributed by atoms with Crippen molar-refractivity contribution in [1.82, 2.24) is 4.40 Å². The Bertz CT molecular complexity index is 1330. The summed E-state index contributed by atoms with van der Waals surface area (Å²) in [6.45, 7) is 0. The van der Waals surface area contributed by atoms with Crippen molar-refractivity contribution in [3.05, 3.63) is 107 Å². The van der Waals surface area contributed by atoms with E-state index in [2.05, 4.69) is 48.6 Å². The second-order valence-corrected chi connectivity index (χ2v) is 7.86. The number of aryl methyl sites for hydroxylation is 1. The molecule has 0 saturated heterocycles. The van der Waals surface area contributed by atoms with Gasteiger partial charge in [0.05, 0.1) is 11.1 Å². The molecule has 2 aromatic heterocycles. The smallest absolute Gasteiger partial charge is 0.250 e. The number of nitrogens with zero attached hydrogens (tertiary/aromatic N) is 1. The number of carbonyl (C=O) groups excluding carboxylic acids is 1. The van der Waals surface area contributed by atoms with Crippen LogP contribution >= 0.6 is 12.4 Å². The Morgan fingerprint density at radius 1 is 0.871 bits per heavy atom. The zero-order valence-electron chi connectivity index (χ0n) is 17.3. The average Bonchev–Trinajstić information content (AvgIpc) is 3.24. The predicted molar refractivity (Wildman–Crippen MR) is 131 cm³/mol. The summed E-state index contributed by atoms with van der Waals surface area (Å²) in [5, 5.41) is 2.82. The lowest BCUT2D eigenvalue weighted by molar-refractivity contribution is 0.100. The number of pyridine rings is 1. The van der Waals surface area contributed by atoms with Gasteiger partial charge in [0, 0.05) is 12.4 Å². The fraction of sp³-hybridized carbons (Fsp3) is 0.148. The number of benzene rings is 2. The number of rotatable bonds is 1. The Kier molecular flexibility index (Phi) is 5.97. The molecule has 2 aromatic carbocycles. The van der Waals surface area contributed by atoms with Crippen LogP contribution in [0.15, 0.2) is 90.8 Å². The molecule has 0 fully saturated rings. The Morgan fingerprint density at radius 2 is 1.71 bits per heavy atom. The maximum Gasteiger partial charge on any atom is 0.250 e. The highest BCUT2D eigenvalue weighted by molar-refractivity contribution is 6.00. The van der Waals surface area contributed by atoms with Gasteiger partial charge < -0.3 is 10.1 Å². The molecular weight excluding hydrogens is 404 g/mol. The molecule has 2 N–H and O–H groups in total. The number of carbonyl (C=O) groups is 1. The van der Waals surface area contributed by atoms with E-state index in [0.717, 1.165) is 5.52 Å². The molecule has 0 aliphatic heterocycles. The highest BCUT2D eigenvalue weighted by atomic mass is 35.5. The second kappa shape index (κ2) is 8.83. The van der Waals surface area contributed by atoms with Crippen LogP contribution in [0.3, 0.4) is 0 Å². The Balaban J connectivity index is 0.000000156. The van der Waals surface area contributed by atoms with E-state index in [4.69, 9.17) is 5.73 Å². The van der Waals surface area contributed by atoms with E-state index in [1.165, 1.54) is 47.6 Å². The zero-order valence-corrected chi connectivity index (χ0v) is 18.1. The van der Waals surface area contributed by atoms with Crippen LogP contribution in [0.25, 0.3) is 21.9 Å². The van der Waals surface area contributed by atoms with Crippen LogP contribution < -0.4 is 5.73 Å². The fourth-order valence-corrected chi connectivity index (χ4v) is 4.65. The summed E-state index contributed by atoms with van der Waals surface area (Å²) in [4.78, 5) is 10.9. The zero-order chi connectivity index (χ0) is 20.5. The van der Waals surface area contributed by atoms with Crippen molar-refractivity contribution in [3.8, 4) is 0 Å². The van der Waals surface area contributed by atoms with Gasteiger partial charge in [-0.1, -0.05) is 60.2 Å². The lowest BCUT2D eigenvalue weighted by Gasteiger charge is -2.25. The molecule has 2 aliphatic carbocycles. The number of allylic oxidation sites excluding steroid dienone is 4. The SMILES string of the molecule is C1=CC2=C(CC1)CCc1c2ccc2ccccc12.Cl.NC(=O)c1ccn2ccccc12. The molecule has 0 bridgehead atoms. The Hall–Kier alpha value is -3.30. The van der Waals surface area contributed by atoms with Crippen LogP contribution in [0.2, 0.25) is 0 Å². The number of primary amides is 1. The van der Waals surface area contributed by atoms with Gasteiger partial charge in [-0.3, -0.25) is 4.79 Å². The van der Waals surface area contributed by atoms with Crippen molar-refractivity contribution in [2.24, 2.45) is 5.73 Å². The van der Waals surface area contributed by atoms with Crippen LogP contribution in [-0.2, 0) is 6.42 Å². The third kappa shape index (κ3) is 3.89.